The average Bonchev–Trinajstić information content (AvgIpc) is 3.37. The predicted molar refractivity (Wildman–Crippen MR) is 117 cm³/mol. The molecule has 1 atom stereocenters. The number of carbonyl (C=O) groups is 2. The summed E-state index contributed by atoms with van der Waals surface area (Å²) in [5.41, 5.74) is 7.66. The summed E-state index contributed by atoms with van der Waals surface area (Å²) in [5, 5.41) is 7.15. The van der Waals surface area contributed by atoms with Crippen molar-refractivity contribution >= 4 is 28.2 Å². The molecule has 3 N–H and O–H groups in total. The van der Waals surface area contributed by atoms with Crippen molar-refractivity contribution in [2.24, 2.45) is 11.7 Å². The van der Waals surface area contributed by atoms with Crippen molar-refractivity contribution < 1.29 is 23.6 Å². The number of ether oxygens (including phenoxy) is 2. The average molecular weight is 442 g/mol. The Morgan fingerprint density at radius 3 is 2.77 bits per heavy atom. The van der Waals surface area contributed by atoms with Gasteiger partial charge >= 0.3 is 0 Å². The Hall–Kier alpha value is -3.33. The van der Waals surface area contributed by atoms with Gasteiger partial charge in [0.25, 0.3) is 11.8 Å². The molecule has 0 radical (unpaired) electrons. The fourth-order valence-electron chi connectivity index (χ4n) is 3.78. The highest BCUT2D eigenvalue weighted by Gasteiger charge is 2.28. The third-order valence-electron chi connectivity index (χ3n) is 5.40. The van der Waals surface area contributed by atoms with E-state index >= 15 is 0 Å². The van der Waals surface area contributed by atoms with Crippen LogP contribution in [0, 0.1) is 5.92 Å². The second kappa shape index (κ2) is 8.43. The van der Waals surface area contributed by atoms with Crippen LogP contribution in [0.3, 0.4) is 0 Å². The summed E-state index contributed by atoms with van der Waals surface area (Å²) < 4.78 is 16.0. The van der Waals surface area contributed by atoms with E-state index in [1.54, 1.807) is 32.4 Å². The molecular formula is C22H23N3O5S. The van der Waals surface area contributed by atoms with Crippen LogP contribution in [0.2, 0.25) is 0 Å². The highest BCUT2D eigenvalue weighted by atomic mass is 32.1. The zero-order chi connectivity index (χ0) is 22.1. The molecule has 0 bridgehead atoms. The molecule has 1 aliphatic carbocycles. The van der Waals surface area contributed by atoms with E-state index in [0.717, 1.165) is 29.7 Å². The summed E-state index contributed by atoms with van der Waals surface area (Å²) in [5.74, 6) is 1.04. The number of fused-ring (bicyclic) bond motifs is 1. The molecule has 0 saturated heterocycles. The van der Waals surface area contributed by atoms with E-state index in [-0.39, 0.29) is 5.69 Å². The molecule has 162 valence electrons. The first kappa shape index (κ1) is 20.9. The zero-order valence-corrected chi connectivity index (χ0v) is 18.3. The SMILES string of the molecule is COc1ccc(OC)c(-c2cc(C(=O)Nc3sc4c(c3C(N)=O)CC[C@@H](C)C4)no2)c1. The molecule has 3 aromatic rings. The Balaban J connectivity index is 1.62. The number of nitrogens with two attached hydrogens (primary N) is 1. The van der Waals surface area contributed by atoms with E-state index in [9.17, 15) is 9.59 Å². The molecule has 2 aromatic heterocycles. The van der Waals surface area contributed by atoms with Gasteiger partial charge in [-0.3, -0.25) is 9.59 Å². The summed E-state index contributed by atoms with van der Waals surface area (Å²) in [4.78, 5) is 26.0. The summed E-state index contributed by atoms with van der Waals surface area (Å²) in [6.45, 7) is 2.18. The molecule has 2 heterocycles. The predicted octanol–water partition coefficient (Wildman–Crippen LogP) is 3.90. The van der Waals surface area contributed by atoms with Crippen LogP contribution in [0.1, 0.15) is 44.6 Å². The first-order valence-corrected chi connectivity index (χ1v) is 10.7. The van der Waals surface area contributed by atoms with Gasteiger partial charge in [-0.05, 0) is 48.9 Å². The number of primary amides is 1. The number of thiophene rings is 1. The summed E-state index contributed by atoms with van der Waals surface area (Å²) >= 11 is 1.40. The lowest BCUT2D eigenvalue weighted by molar-refractivity contribution is 0.1000. The Kier molecular flexibility index (Phi) is 5.69. The molecule has 8 nitrogen and oxygen atoms in total. The van der Waals surface area contributed by atoms with Gasteiger partial charge in [-0.1, -0.05) is 12.1 Å². The lowest BCUT2D eigenvalue weighted by Crippen LogP contribution is -2.19. The van der Waals surface area contributed by atoms with Crippen LogP contribution in [0.5, 0.6) is 11.5 Å². The third kappa shape index (κ3) is 4.00. The number of amides is 2. The molecule has 0 spiro atoms. The third-order valence-corrected chi connectivity index (χ3v) is 6.57. The van der Waals surface area contributed by atoms with E-state index in [0.29, 0.717) is 39.3 Å². The lowest BCUT2D eigenvalue weighted by atomic mass is 9.88. The first-order chi connectivity index (χ1) is 14.9. The van der Waals surface area contributed by atoms with E-state index in [1.807, 2.05) is 0 Å². The fourth-order valence-corrected chi connectivity index (χ4v) is 5.19. The fraction of sp³-hybridized carbons (Fsp3) is 0.318. The maximum atomic E-state index is 12.9. The number of anilines is 1. The van der Waals surface area contributed by atoms with Gasteiger partial charge in [-0.2, -0.15) is 0 Å². The molecule has 2 amide bonds. The van der Waals surface area contributed by atoms with Crippen molar-refractivity contribution in [2.75, 3.05) is 19.5 Å². The Bertz CT molecular complexity index is 1150. The summed E-state index contributed by atoms with van der Waals surface area (Å²) in [6, 6.07) is 6.76. The number of aromatic nitrogens is 1. The van der Waals surface area contributed by atoms with Gasteiger partial charge in [-0.15, -0.1) is 11.3 Å². The molecule has 9 heteroatoms. The van der Waals surface area contributed by atoms with E-state index in [1.165, 1.54) is 17.4 Å². The van der Waals surface area contributed by atoms with Crippen LogP contribution < -0.4 is 20.5 Å². The number of benzene rings is 1. The van der Waals surface area contributed by atoms with Crippen molar-refractivity contribution in [3.63, 3.8) is 0 Å². The van der Waals surface area contributed by atoms with Crippen molar-refractivity contribution in [2.45, 2.75) is 26.2 Å². The highest BCUT2D eigenvalue weighted by Crippen LogP contribution is 2.40. The van der Waals surface area contributed by atoms with Gasteiger partial charge < -0.3 is 25.0 Å². The Labute approximate surface area is 183 Å². The van der Waals surface area contributed by atoms with Crippen molar-refractivity contribution in [3.05, 3.63) is 46.0 Å². The standard InChI is InChI=1S/C22H23N3O5S/c1-11-4-6-13-18(8-11)31-22(19(13)20(23)26)24-21(27)15-10-17(30-25-15)14-9-12(28-2)5-7-16(14)29-3/h5,7,9-11H,4,6,8H2,1-3H3,(H2,23,26)(H,24,27)/t11-/m1/s1. The number of methoxy groups -OCH3 is 2. The second-order valence-electron chi connectivity index (χ2n) is 7.52. The number of hydrogen-bond acceptors (Lipinski definition) is 7. The molecule has 31 heavy (non-hydrogen) atoms. The Morgan fingerprint density at radius 1 is 1.26 bits per heavy atom. The van der Waals surface area contributed by atoms with Crippen LogP contribution in [0.4, 0.5) is 5.00 Å². The van der Waals surface area contributed by atoms with Gasteiger partial charge in [-0.25, -0.2) is 0 Å². The Morgan fingerprint density at radius 2 is 2.06 bits per heavy atom. The maximum Gasteiger partial charge on any atom is 0.278 e. The van der Waals surface area contributed by atoms with Crippen molar-refractivity contribution in [1.29, 1.82) is 0 Å². The minimum Gasteiger partial charge on any atom is -0.497 e. The summed E-state index contributed by atoms with van der Waals surface area (Å²) in [7, 11) is 3.10. The zero-order valence-electron chi connectivity index (χ0n) is 17.5. The van der Waals surface area contributed by atoms with Crippen LogP contribution in [-0.4, -0.2) is 31.2 Å². The number of nitrogens with zero attached hydrogens (tertiary/aromatic N) is 1. The van der Waals surface area contributed by atoms with Gasteiger partial charge in [0.15, 0.2) is 11.5 Å². The molecule has 0 saturated carbocycles. The molecule has 1 aliphatic rings. The lowest BCUT2D eigenvalue weighted by Gasteiger charge is -2.18. The van der Waals surface area contributed by atoms with E-state index in [4.69, 9.17) is 19.7 Å². The number of nitrogens with one attached hydrogen (secondary N) is 1. The van der Waals surface area contributed by atoms with Gasteiger partial charge in [0, 0.05) is 10.9 Å². The molecule has 4 rings (SSSR count). The van der Waals surface area contributed by atoms with Gasteiger partial charge in [0.2, 0.25) is 0 Å². The largest absolute Gasteiger partial charge is 0.497 e. The van der Waals surface area contributed by atoms with Crippen LogP contribution in [0.25, 0.3) is 11.3 Å². The molecule has 0 aliphatic heterocycles. The monoisotopic (exact) mass is 441 g/mol. The second-order valence-corrected chi connectivity index (χ2v) is 8.62. The maximum absolute atomic E-state index is 12.9. The van der Waals surface area contributed by atoms with Crippen LogP contribution >= 0.6 is 11.3 Å². The topological polar surface area (TPSA) is 117 Å². The quantitative estimate of drug-likeness (QED) is 0.599. The van der Waals surface area contributed by atoms with Crippen LogP contribution in [0.15, 0.2) is 28.8 Å². The van der Waals surface area contributed by atoms with Gasteiger partial charge in [0.1, 0.15) is 16.5 Å². The molecule has 0 unspecified atom stereocenters. The molecular weight excluding hydrogens is 418 g/mol. The normalized spacial score (nSPS) is 15.3. The minimum absolute atomic E-state index is 0.0787. The number of carbonyl (C=O) groups excluding carboxylic acids is 2. The number of hydrogen-bond donors (Lipinski definition) is 2. The molecule has 1 aromatic carbocycles. The van der Waals surface area contributed by atoms with E-state index in [2.05, 4.69) is 17.4 Å². The highest BCUT2D eigenvalue weighted by molar-refractivity contribution is 7.17. The van der Waals surface area contributed by atoms with Gasteiger partial charge in [0.05, 0.1) is 25.3 Å². The first-order valence-electron chi connectivity index (χ1n) is 9.86. The van der Waals surface area contributed by atoms with Crippen molar-refractivity contribution in [3.8, 4) is 22.8 Å². The molecule has 0 fully saturated rings. The minimum atomic E-state index is -0.538. The van der Waals surface area contributed by atoms with E-state index < -0.39 is 11.8 Å². The smallest absolute Gasteiger partial charge is 0.278 e. The summed E-state index contributed by atoms with van der Waals surface area (Å²) in [6.07, 6.45) is 2.65. The number of rotatable bonds is 6. The van der Waals surface area contributed by atoms with Crippen molar-refractivity contribution in [1.82, 2.24) is 5.16 Å². The van der Waals surface area contributed by atoms with Crippen LogP contribution in [-0.2, 0) is 12.8 Å².